The Hall–Kier alpha value is -4.26. The van der Waals surface area contributed by atoms with Gasteiger partial charge in [0, 0.05) is 30.2 Å². The number of aryl methyl sites for hydroxylation is 1. The molecule has 210 valence electrons. The van der Waals surface area contributed by atoms with Crippen LogP contribution in [-0.2, 0) is 33.8 Å². The summed E-state index contributed by atoms with van der Waals surface area (Å²) < 4.78 is 18.5. The van der Waals surface area contributed by atoms with Gasteiger partial charge in [0.2, 0.25) is 0 Å². The Kier molecular flexibility index (Phi) is 10.6. The lowest BCUT2D eigenvalue weighted by Gasteiger charge is -2.11. The fraction of sp³-hybridized carbons (Fsp3) is 0.333. The quantitative estimate of drug-likeness (QED) is 0.132. The van der Waals surface area contributed by atoms with Gasteiger partial charge < -0.3 is 24.1 Å². The summed E-state index contributed by atoms with van der Waals surface area (Å²) in [5.41, 5.74) is 4.60. The van der Waals surface area contributed by atoms with Gasteiger partial charge >= 0.3 is 11.9 Å². The maximum Gasteiger partial charge on any atom is 0.354 e. The standard InChI is InChI=1S/C33H38N2O5/c1-34-28-15-13-25(14-16-28)21-32(36)39-20-10-5-3-4-9-19-35-30-18-17-29(40-24-26-11-7-6-8-12-26)22-27(30)23-31(35)33(37)38-2/h6-8,11-18,22-23,34H,3-5,9-10,19-21,24H2,1-2H3. The molecule has 0 unspecified atom stereocenters. The summed E-state index contributed by atoms with van der Waals surface area (Å²) >= 11 is 0. The first-order valence-electron chi connectivity index (χ1n) is 13.9. The van der Waals surface area contributed by atoms with Crippen LogP contribution in [0.15, 0.2) is 78.9 Å². The van der Waals surface area contributed by atoms with E-state index < -0.39 is 0 Å². The van der Waals surface area contributed by atoms with Crippen molar-refractivity contribution < 1.29 is 23.8 Å². The summed E-state index contributed by atoms with van der Waals surface area (Å²) in [5, 5.41) is 4.01. The predicted molar refractivity (Wildman–Crippen MR) is 158 cm³/mol. The van der Waals surface area contributed by atoms with E-state index in [-0.39, 0.29) is 18.4 Å². The van der Waals surface area contributed by atoms with Crippen LogP contribution in [0.4, 0.5) is 5.69 Å². The molecule has 0 saturated carbocycles. The molecule has 3 aromatic carbocycles. The first-order chi connectivity index (χ1) is 19.6. The molecule has 0 aliphatic rings. The van der Waals surface area contributed by atoms with E-state index in [1.807, 2.05) is 90.5 Å². The normalized spacial score (nSPS) is 10.8. The van der Waals surface area contributed by atoms with Crippen LogP contribution in [0.5, 0.6) is 5.75 Å². The number of nitrogens with one attached hydrogen (secondary N) is 1. The van der Waals surface area contributed by atoms with E-state index in [1.54, 1.807) is 0 Å². The summed E-state index contributed by atoms with van der Waals surface area (Å²) in [6, 6.07) is 25.6. The highest BCUT2D eigenvalue weighted by atomic mass is 16.5. The fourth-order valence-corrected chi connectivity index (χ4v) is 4.69. The smallest absolute Gasteiger partial charge is 0.354 e. The van der Waals surface area contributed by atoms with Gasteiger partial charge in [-0.05, 0) is 60.4 Å². The molecule has 0 atom stereocenters. The third kappa shape index (κ3) is 8.12. The molecule has 0 spiro atoms. The van der Waals surface area contributed by atoms with Gasteiger partial charge in [-0.2, -0.15) is 0 Å². The number of aromatic nitrogens is 1. The zero-order chi connectivity index (χ0) is 28.2. The Balaban J connectivity index is 1.21. The van der Waals surface area contributed by atoms with Gasteiger partial charge in [-0.25, -0.2) is 4.79 Å². The number of methoxy groups -OCH3 is 1. The van der Waals surface area contributed by atoms with Gasteiger partial charge in [-0.1, -0.05) is 61.7 Å². The molecule has 1 heterocycles. The molecular formula is C33H38N2O5. The van der Waals surface area contributed by atoms with Gasteiger partial charge in [0.05, 0.1) is 20.1 Å². The summed E-state index contributed by atoms with van der Waals surface area (Å²) in [7, 11) is 3.27. The molecule has 0 fully saturated rings. The molecule has 40 heavy (non-hydrogen) atoms. The van der Waals surface area contributed by atoms with Crippen LogP contribution in [0.1, 0.15) is 53.7 Å². The molecule has 0 aliphatic heterocycles. The van der Waals surface area contributed by atoms with Crippen molar-refractivity contribution >= 4 is 28.5 Å². The van der Waals surface area contributed by atoms with Crippen LogP contribution < -0.4 is 10.1 Å². The number of fused-ring (bicyclic) bond motifs is 1. The number of unbranched alkanes of at least 4 members (excludes halogenated alkanes) is 4. The van der Waals surface area contributed by atoms with Gasteiger partial charge in [-0.15, -0.1) is 0 Å². The van der Waals surface area contributed by atoms with E-state index in [0.717, 1.165) is 72.1 Å². The second kappa shape index (κ2) is 14.8. The number of nitrogens with zero attached hydrogens (tertiary/aromatic N) is 1. The van der Waals surface area contributed by atoms with Crippen molar-refractivity contribution in [2.75, 3.05) is 26.1 Å². The zero-order valence-electron chi connectivity index (χ0n) is 23.4. The molecule has 0 bridgehead atoms. The van der Waals surface area contributed by atoms with Crippen LogP contribution in [0.25, 0.3) is 10.9 Å². The van der Waals surface area contributed by atoms with Crippen LogP contribution in [0.3, 0.4) is 0 Å². The Morgan fingerprint density at radius 3 is 2.33 bits per heavy atom. The van der Waals surface area contributed by atoms with Crippen LogP contribution in [0.2, 0.25) is 0 Å². The number of ether oxygens (including phenoxy) is 3. The van der Waals surface area contributed by atoms with Crippen LogP contribution in [0, 0.1) is 0 Å². The predicted octanol–water partition coefficient (Wildman–Crippen LogP) is 6.79. The van der Waals surface area contributed by atoms with E-state index in [9.17, 15) is 9.59 Å². The monoisotopic (exact) mass is 542 g/mol. The Bertz CT molecular complexity index is 1380. The van der Waals surface area contributed by atoms with Crippen molar-refractivity contribution in [1.82, 2.24) is 4.57 Å². The second-order valence-electron chi connectivity index (χ2n) is 9.78. The maximum absolute atomic E-state index is 12.5. The summed E-state index contributed by atoms with van der Waals surface area (Å²) in [6.07, 6.45) is 5.11. The van der Waals surface area contributed by atoms with Crippen molar-refractivity contribution in [2.45, 2.75) is 51.7 Å². The first-order valence-corrected chi connectivity index (χ1v) is 13.9. The van der Waals surface area contributed by atoms with Gasteiger partial charge in [0.15, 0.2) is 0 Å². The number of anilines is 1. The topological polar surface area (TPSA) is 78.8 Å². The molecule has 1 aromatic heterocycles. The number of esters is 2. The Morgan fingerprint density at radius 2 is 1.57 bits per heavy atom. The van der Waals surface area contributed by atoms with Gasteiger partial charge in [-0.3, -0.25) is 4.79 Å². The van der Waals surface area contributed by atoms with Crippen molar-refractivity contribution in [3.05, 3.63) is 95.7 Å². The molecular weight excluding hydrogens is 504 g/mol. The maximum atomic E-state index is 12.5. The summed E-state index contributed by atoms with van der Waals surface area (Å²) in [5.74, 6) is 0.223. The average Bonchev–Trinajstić information content (AvgIpc) is 3.35. The average molecular weight is 543 g/mol. The highest BCUT2D eigenvalue weighted by Gasteiger charge is 2.16. The Morgan fingerprint density at radius 1 is 0.825 bits per heavy atom. The van der Waals surface area contributed by atoms with E-state index in [2.05, 4.69) is 5.32 Å². The molecule has 4 rings (SSSR count). The molecule has 7 nitrogen and oxygen atoms in total. The highest BCUT2D eigenvalue weighted by Crippen LogP contribution is 2.26. The first kappa shape index (κ1) is 28.7. The third-order valence-electron chi connectivity index (χ3n) is 6.90. The number of benzene rings is 3. The molecule has 0 saturated heterocycles. The number of carbonyl (C=O) groups is 2. The van der Waals surface area contributed by atoms with Gasteiger partial charge in [0.1, 0.15) is 18.1 Å². The summed E-state index contributed by atoms with van der Waals surface area (Å²) in [6.45, 7) is 1.65. The third-order valence-corrected chi connectivity index (χ3v) is 6.90. The van der Waals surface area contributed by atoms with Crippen molar-refractivity contribution in [3.63, 3.8) is 0 Å². The fourth-order valence-electron chi connectivity index (χ4n) is 4.69. The lowest BCUT2D eigenvalue weighted by Crippen LogP contribution is -2.11. The number of rotatable bonds is 15. The van der Waals surface area contributed by atoms with Crippen molar-refractivity contribution in [3.8, 4) is 5.75 Å². The lowest BCUT2D eigenvalue weighted by atomic mass is 10.1. The van der Waals surface area contributed by atoms with E-state index in [1.165, 1.54) is 7.11 Å². The molecule has 7 heteroatoms. The molecule has 0 amide bonds. The minimum atomic E-state index is -0.345. The van der Waals surface area contributed by atoms with Gasteiger partial charge in [0.25, 0.3) is 0 Å². The lowest BCUT2D eigenvalue weighted by molar-refractivity contribution is -0.142. The zero-order valence-corrected chi connectivity index (χ0v) is 23.4. The van der Waals surface area contributed by atoms with E-state index in [0.29, 0.717) is 18.9 Å². The largest absolute Gasteiger partial charge is 0.489 e. The SMILES string of the molecule is CNc1ccc(CC(=O)OCCCCCCCn2c(C(=O)OC)cc3cc(OCc4ccccc4)ccc32)cc1. The van der Waals surface area contributed by atoms with Crippen molar-refractivity contribution in [2.24, 2.45) is 0 Å². The highest BCUT2D eigenvalue weighted by molar-refractivity contribution is 5.96. The number of hydrogen-bond donors (Lipinski definition) is 1. The molecule has 4 aromatic rings. The number of carbonyl (C=O) groups excluding carboxylic acids is 2. The van der Waals surface area contributed by atoms with Crippen LogP contribution >= 0.6 is 0 Å². The Labute approximate surface area is 236 Å². The molecule has 1 N–H and O–H groups in total. The molecule has 0 radical (unpaired) electrons. The van der Waals surface area contributed by atoms with E-state index >= 15 is 0 Å². The van der Waals surface area contributed by atoms with Crippen LogP contribution in [-0.4, -0.2) is 37.3 Å². The van der Waals surface area contributed by atoms with E-state index in [4.69, 9.17) is 14.2 Å². The molecule has 0 aliphatic carbocycles. The number of hydrogen-bond acceptors (Lipinski definition) is 6. The van der Waals surface area contributed by atoms with Crippen molar-refractivity contribution in [1.29, 1.82) is 0 Å². The summed E-state index contributed by atoms with van der Waals surface area (Å²) in [4.78, 5) is 24.6. The minimum absolute atomic E-state index is 0.194. The second-order valence-corrected chi connectivity index (χ2v) is 9.78. The minimum Gasteiger partial charge on any atom is -0.489 e.